The van der Waals surface area contributed by atoms with Gasteiger partial charge >= 0.3 is 0 Å². The Balaban J connectivity index is 2.60. The number of nitrogens with zero attached hydrogens (tertiary/aromatic N) is 1. The maximum Gasteiger partial charge on any atom is 0.0519 e. The summed E-state index contributed by atoms with van der Waals surface area (Å²) >= 11 is 0. The average Bonchev–Trinajstić information content (AvgIpc) is 2.33. The van der Waals surface area contributed by atoms with Gasteiger partial charge in [0.05, 0.1) is 5.70 Å². The maximum atomic E-state index is 3.85. The van der Waals surface area contributed by atoms with Gasteiger partial charge < -0.3 is 4.90 Å². The maximum absolute atomic E-state index is 3.85. The van der Waals surface area contributed by atoms with Crippen LogP contribution in [0.2, 0.25) is 0 Å². The highest BCUT2D eigenvalue weighted by molar-refractivity contribution is 5.52. The van der Waals surface area contributed by atoms with Crippen molar-refractivity contribution in [3.05, 3.63) is 72.0 Å². The standard InChI is InChI=1S/C16H15N/c1-4-13-10-11-14-8-6-7-9-15(14)12-17(3)16(13)5-2/h4-9H,1-2,12H2,3H3/b16-13-. The van der Waals surface area contributed by atoms with Gasteiger partial charge in [-0.1, -0.05) is 49.3 Å². The molecular weight excluding hydrogens is 206 g/mol. The average molecular weight is 221 g/mol. The molecule has 0 unspecified atom stereocenters. The van der Waals surface area contributed by atoms with E-state index in [-0.39, 0.29) is 0 Å². The van der Waals surface area contributed by atoms with Crippen LogP contribution in [-0.2, 0) is 6.54 Å². The molecular formula is C16H15N. The van der Waals surface area contributed by atoms with E-state index in [4.69, 9.17) is 0 Å². The molecule has 17 heavy (non-hydrogen) atoms. The number of likely N-dealkylation sites (N-methyl/N-ethyl adjacent to an activating group) is 1. The molecule has 1 aliphatic heterocycles. The second kappa shape index (κ2) is 4.76. The number of allylic oxidation sites excluding steroid dienone is 3. The first kappa shape index (κ1) is 11.3. The molecule has 2 rings (SSSR count). The highest BCUT2D eigenvalue weighted by atomic mass is 15.1. The lowest BCUT2D eigenvalue weighted by Crippen LogP contribution is -2.19. The van der Waals surface area contributed by atoms with Crippen LogP contribution < -0.4 is 0 Å². The smallest absolute Gasteiger partial charge is 0.0519 e. The van der Waals surface area contributed by atoms with Crippen LogP contribution in [-0.4, -0.2) is 11.9 Å². The zero-order valence-electron chi connectivity index (χ0n) is 10.0. The van der Waals surface area contributed by atoms with Gasteiger partial charge in [-0.2, -0.15) is 0 Å². The van der Waals surface area contributed by atoms with E-state index in [1.54, 1.807) is 6.08 Å². The van der Waals surface area contributed by atoms with E-state index in [1.165, 1.54) is 5.56 Å². The zero-order valence-corrected chi connectivity index (χ0v) is 10.0. The second-order valence-electron chi connectivity index (χ2n) is 3.97. The molecule has 0 aliphatic carbocycles. The summed E-state index contributed by atoms with van der Waals surface area (Å²) in [5, 5.41) is 0. The van der Waals surface area contributed by atoms with E-state index >= 15 is 0 Å². The third kappa shape index (κ3) is 2.16. The van der Waals surface area contributed by atoms with Crippen LogP contribution in [0.4, 0.5) is 0 Å². The van der Waals surface area contributed by atoms with Crippen molar-refractivity contribution in [1.29, 1.82) is 0 Å². The van der Waals surface area contributed by atoms with Gasteiger partial charge in [-0.25, -0.2) is 0 Å². The molecule has 84 valence electrons. The van der Waals surface area contributed by atoms with Crippen molar-refractivity contribution in [3.8, 4) is 11.8 Å². The molecule has 0 radical (unpaired) electrons. The normalized spacial score (nSPS) is 18.3. The predicted molar refractivity (Wildman–Crippen MR) is 72.2 cm³/mol. The Morgan fingerprint density at radius 3 is 2.65 bits per heavy atom. The van der Waals surface area contributed by atoms with Crippen LogP contribution in [0.15, 0.2) is 60.8 Å². The molecule has 0 amide bonds. The van der Waals surface area contributed by atoms with Crippen molar-refractivity contribution in [3.63, 3.8) is 0 Å². The SMILES string of the molecule is C=C/C1=C(\C=C)N(C)Cc2ccccc2C#C1. The van der Waals surface area contributed by atoms with Gasteiger partial charge in [-0.15, -0.1) is 0 Å². The third-order valence-corrected chi connectivity index (χ3v) is 2.84. The van der Waals surface area contributed by atoms with Crippen LogP contribution in [0.5, 0.6) is 0 Å². The molecule has 0 spiro atoms. The summed E-state index contributed by atoms with van der Waals surface area (Å²) in [6.07, 6.45) is 3.62. The number of fused-ring (bicyclic) bond motifs is 1. The second-order valence-corrected chi connectivity index (χ2v) is 3.97. The number of hydrogen-bond acceptors (Lipinski definition) is 1. The molecule has 0 N–H and O–H groups in total. The summed E-state index contributed by atoms with van der Waals surface area (Å²) in [5.74, 6) is 6.35. The fourth-order valence-corrected chi connectivity index (χ4v) is 1.95. The van der Waals surface area contributed by atoms with Crippen molar-refractivity contribution >= 4 is 0 Å². The first-order valence-corrected chi connectivity index (χ1v) is 5.56. The van der Waals surface area contributed by atoms with E-state index in [1.807, 2.05) is 25.3 Å². The first-order chi connectivity index (χ1) is 8.26. The predicted octanol–water partition coefficient (Wildman–Crippen LogP) is 3.11. The summed E-state index contributed by atoms with van der Waals surface area (Å²) < 4.78 is 0. The highest BCUT2D eigenvalue weighted by Crippen LogP contribution is 2.19. The van der Waals surface area contributed by atoms with Gasteiger partial charge in [0.1, 0.15) is 0 Å². The monoisotopic (exact) mass is 221 g/mol. The molecule has 0 fully saturated rings. The fourth-order valence-electron chi connectivity index (χ4n) is 1.95. The van der Waals surface area contributed by atoms with Crippen molar-refractivity contribution in [2.75, 3.05) is 7.05 Å². The minimum atomic E-state index is 0.837. The molecule has 1 aliphatic rings. The Labute approximate surface area is 103 Å². The minimum absolute atomic E-state index is 0.837. The lowest BCUT2D eigenvalue weighted by atomic mass is 10.0. The van der Waals surface area contributed by atoms with Crippen molar-refractivity contribution in [2.45, 2.75) is 6.54 Å². The van der Waals surface area contributed by atoms with Crippen molar-refractivity contribution in [2.24, 2.45) is 0 Å². The van der Waals surface area contributed by atoms with Crippen LogP contribution >= 0.6 is 0 Å². The Kier molecular flexibility index (Phi) is 3.16. The molecule has 0 bridgehead atoms. The van der Waals surface area contributed by atoms with Crippen LogP contribution in [0.1, 0.15) is 11.1 Å². The van der Waals surface area contributed by atoms with E-state index in [0.29, 0.717) is 0 Å². The molecule has 0 saturated carbocycles. The molecule has 1 heteroatoms. The van der Waals surface area contributed by atoms with Crippen molar-refractivity contribution in [1.82, 2.24) is 4.90 Å². The summed E-state index contributed by atoms with van der Waals surface area (Å²) in [7, 11) is 2.05. The Morgan fingerprint density at radius 2 is 1.94 bits per heavy atom. The summed E-state index contributed by atoms with van der Waals surface area (Å²) in [6.45, 7) is 8.49. The highest BCUT2D eigenvalue weighted by Gasteiger charge is 2.10. The molecule has 0 atom stereocenters. The molecule has 0 aromatic heterocycles. The Morgan fingerprint density at radius 1 is 1.18 bits per heavy atom. The topological polar surface area (TPSA) is 3.24 Å². The first-order valence-electron chi connectivity index (χ1n) is 5.56. The van der Waals surface area contributed by atoms with Gasteiger partial charge in [0.15, 0.2) is 0 Å². The lowest BCUT2D eigenvalue weighted by Gasteiger charge is -2.23. The van der Waals surface area contributed by atoms with Gasteiger partial charge in [-0.05, 0) is 17.7 Å². The van der Waals surface area contributed by atoms with Gasteiger partial charge in [-0.3, -0.25) is 0 Å². The minimum Gasteiger partial charge on any atom is -0.369 e. The van der Waals surface area contributed by atoms with E-state index in [0.717, 1.165) is 23.4 Å². The fraction of sp³-hybridized carbons (Fsp3) is 0.125. The lowest BCUT2D eigenvalue weighted by molar-refractivity contribution is 0.422. The molecule has 1 aromatic carbocycles. The Hall–Kier alpha value is -2.20. The van der Waals surface area contributed by atoms with E-state index in [2.05, 4.69) is 42.0 Å². The molecule has 1 nitrogen and oxygen atoms in total. The van der Waals surface area contributed by atoms with Crippen molar-refractivity contribution < 1.29 is 0 Å². The van der Waals surface area contributed by atoms with E-state index in [9.17, 15) is 0 Å². The summed E-state index contributed by atoms with van der Waals surface area (Å²) in [6, 6.07) is 8.22. The van der Waals surface area contributed by atoms with Gasteiger partial charge in [0.2, 0.25) is 0 Å². The number of hydrogen-bond donors (Lipinski definition) is 0. The molecule has 0 saturated heterocycles. The third-order valence-electron chi connectivity index (χ3n) is 2.84. The Bertz CT molecular complexity index is 552. The van der Waals surface area contributed by atoms with Crippen LogP contribution in [0.3, 0.4) is 0 Å². The van der Waals surface area contributed by atoms with Crippen LogP contribution in [0, 0.1) is 11.8 Å². The van der Waals surface area contributed by atoms with Crippen LogP contribution in [0.25, 0.3) is 0 Å². The summed E-state index contributed by atoms with van der Waals surface area (Å²) in [5.41, 5.74) is 4.28. The number of benzene rings is 1. The van der Waals surface area contributed by atoms with E-state index < -0.39 is 0 Å². The zero-order chi connectivity index (χ0) is 12.3. The molecule has 1 heterocycles. The number of rotatable bonds is 2. The van der Waals surface area contributed by atoms with Gasteiger partial charge in [0, 0.05) is 24.7 Å². The quantitative estimate of drug-likeness (QED) is 0.694. The summed E-state index contributed by atoms with van der Waals surface area (Å²) in [4.78, 5) is 2.15. The molecule has 1 aromatic rings. The largest absolute Gasteiger partial charge is 0.369 e. The van der Waals surface area contributed by atoms with Gasteiger partial charge in [0.25, 0.3) is 0 Å².